The molecule has 0 spiro atoms. The lowest BCUT2D eigenvalue weighted by Gasteiger charge is -2.20. The van der Waals surface area contributed by atoms with Crippen molar-refractivity contribution in [1.29, 1.82) is 0 Å². The van der Waals surface area contributed by atoms with E-state index in [0.29, 0.717) is 11.7 Å². The van der Waals surface area contributed by atoms with E-state index in [-0.39, 0.29) is 17.3 Å². The van der Waals surface area contributed by atoms with Crippen LogP contribution < -0.4 is 9.77 Å². The number of nitrogens with zero attached hydrogens (tertiary/aromatic N) is 3. The van der Waals surface area contributed by atoms with E-state index in [1.54, 1.807) is 10.3 Å². The average molecular weight is 424 g/mol. The van der Waals surface area contributed by atoms with Crippen molar-refractivity contribution in [1.82, 2.24) is 9.55 Å². The summed E-state index contributed by atoms with van der Waals surface area (Å²) in [7, 11) is 0. The fourth-order valence-electron chi connectivity index (χ4n) is 3.33. The average Bonchev–Trinajstić information content (AvgIpc) is 3.25. The van der Waals surface area contributed by atoms with Gasteiger partial charge >= 0.3 is 4.87 Å². The van der Waals surface area contributed by atoms with Crippen LogP contribution >= 0.6 is 22.7 Å². The highest BCUT2D eigenvalue weighted by atomic mass is 32.1. The number of thiazole rings is 2. The Morgan fingerprint density at radius 3 is 2.59 bits per heavy atom. The van der Waals surface area contributed by atoms with Crippen molar-refractivity contribution in [3.8, 4) is 0 Å². The Balaban J connectivity index is 1.75. The summed E-state index contributed by atoms with van der Waals surface area (Å²) in [5.41, 5.74) is 5.01. The van der Waals surface area contributed by atoms with Gasteiger partial charge in [0.15, 0.2) is 5.13 Å². The van der Waals surface area contributed by atoms with Gasteiger partial charge in [0, 0.05) is 11.1 Å². The third kappa shape index (κ3) is 4.02. The van der Waals surface area contributed by atoms with Gasteiger partial charge in [-0.15, -0.1) is 0 Å². The molecule has 0 aliphatic carbocycles. The zero-order chi connectivity index (χ0) is 20.5. The van der Waals surface area contributed by atoms with Crippen LogP contribution in [0.1, 0.15) is 22.4 Å². The summed E-state index contributed by atoms with van der Waals surface area (Å²) in [5, 5.41) is 2.43. The normalized spacial score (nSPS) is 11.1. The largest absolute Gasteiger partial charge is 0.307 e. The first-order valence-corrected chi connectivity index (χ1v) is 11.0. The van der Waals surface area contributed by atoms with Gasteiger partial charge in [-0.2, -0.15) is 0 Å². The maximum atomic E-state index is 13.3. The molecule has 2 heterocycles. The first-order chi connectivity index (χ1) is 13.9. The second-order valence-electron chi connectivity index (χ2n) is 7.12. The molecule has 0 unspecified atom stereocenters. The monoisotopic (exact) mass is 423 g/mol. The number of anilines is 1. The van der Waals surface area contributed by atoms with Crippen LogP contribution in [0.4, 0.5) is 5.13 Å². The number of rotatable bonds is 5. The Hall–Kier alpha value is -2.77. The van der Waals surface area contributed by atoms with Crippen molar-refractivity contribution >= 4 is 43.9 Å². The van der Waals surface area contributed by atoms with E-state index in [4.69, 9.17) is 4.98 Å². The third-order valence-electron chi connectivity index (χ3n) is 4.79. The van der Waals surface area contributed by atoms with Gasteiger partial charge in [0.2, 0.25) is 5.91 Å². The molecule has 0 fully saturated rings. The Morgan fingerprint density at radius 1 is 1.14 bits per heavy atom. The molecule has 0 saturated heterocycles. The van der Waals surface area contributed by atoms with Crippen molar-refractivity contribution in [2.45, 2.75) is 33.9 Å². The van der Waals surface area contributed by atoms with E-state index >= 15 is 0 Å². The smallest absolute Gasteiger partial charge is 0.294 e. The molecular weight excluding hydrogens is 402 g/mol. The highest BCUT2D eigenvalue weighted by Gasteiger charge is 2.22. The van der Waals surface area contributed by atoms with E-state index < -0.39 is 0 Å². The van der Waals surface area contributed by atoms with Crippen LogP contribution in [0.2, 0.25) is 0 Å². The van der Waals surface area contributed by atoms with Gasteiger partial charge in [-0.25, -0.2) is 4.98 Å². The maximum absolute atomic E-state index is 13.3. The van der Waals surface area contributed by atoms with Crippen LogP contribution in [-0.2, 0) is 17.9 Å². The van der Waals surface area contributed by atoms with Gasteiger partial charge < -0.3 is 0 Å². The lowest BCUT2D eigenvalue weighted by Crippen LogP contribution is -2.35. The number of carbonyl (C=O) groups is 1. The molecule has 1 amide bonds. The lowest BCUT2D eigenvalue weighted by molar-refractivity contribution is -0.119. The van der Waals surface area contributed by atoms with Crippen molar-refractivity contribution < 1.29 is 4.79 Å². The molecule has 0 radical (unpaired) electrons. The molecule has 4 rings (SSSR count). The van der Waals surface area contributed by atoms with Crippen LogP contribution in [0, 0.1) is 20.8 Å². The van der Waals surface area contributed by atoms with E-state index in [1.807, 2.05) is 50.2 Å². The highest BCUT2D eigenvalue weighted by Crippen LogP contribution is 2.33. The highest BCUT2D eigenvalue weighted by molar-refractivity contribution is 7.22. The van der Waals surface area contributed by atoms with Gasteiger partial charge in [-0.1, -0.05) is 59.1 Å². The van der Waals surface area contributed by atoms with Crippen molar-refractivity contribution in [3.05, 3.63) is 79.9 Å². The number of aromatic nitrogens is 2. The fourth-order valence-corrected chi connectivity index (χ4v) is 5.09. The molecule has 29 heavy (non-hydrogen) atoms. The minimum absolute atomic E-state index is 0.00886. The molecule has 0 aliphatic heterocycles. The number of hydrogen-bond acceptors (Lipinski definition) is 5. The molecule has 0 bridgehead atoms. The van der Waals surface area contributed by atoms with Crippen molar-refractivity contribution in [2.24, 2.45) is 0 Å². The molecule has 0 atom stereocenters. The lowest BCUT2D eigenvalue weighted by atomic mass is 10.1. The Labute approximate surface area is 176 Å². The molecule has 0 N–H and O–H groups in total. The molecule has 148 valence electrons. The number of aryl methyl sites for hydroxylation is 3. The molecule has 4 aromatic rings. The summed E-state index contributed by atoms with van der Waals surface area (Å²) in [4.78, 5) is 31.7. The standard InChI is InChI=1S/C22H21N3O2S2/c1-14-9-15(2)20-18(10-14)23-21(29-20)25(11-17-7-5-4-6-8-17)19(26)12-24-16(3)13-28-22(24)27/h4-10,13H,11-12H2,1-3H3. The van der Waals surface area contributed by atoms with Crippen LogP contribution in [0.3, 0.4) is 0 Å². The number of amides is 1. The Bertz CT molecular complexity index is 1240. The van der Waals surface area contributed by atoms with Gasteiger partial charge in [0.1, 0.15) is 6.54 Å². The van der Waals surface area contributed by atoms with E-state index in [0.717, 1.165) is 43.9 Å². The third-order valence-corrected chi connectivity index (χ3v) is 6.90. The van der Waals surface area contributed by atoms with E-state index in [9.17, 15) is 9.59 Å². The van der Waals surface area contributed by atoms with E-state index in [1.165, 1.54) is 15.9 Å². The van der Waals surface area contributed by atoms with E-state index in [2.05, 4.69) is 13.0 Å². The second-order valence-corrected chi connectivity index (χ2v) is 8.92. The summed E-state index contributed by atoms with van der Waals surface area (Å²) in [6, 6.07) is 14.0. The van der Waals surface area contributed by atoms with Gasteiger partial charge in [0.25, 0.3) is 0 Å². The zero-order valence-electron chi connectivity index (χ0n) is 16.5. The minimum Gasteiger partial charge on any atom is -0.294 e. The molecule has 0 saturated carbocycles. The van der Waals surface area contributed by atoms with Gasteiger partial charge in [-0.05, 0) is 43.5 Å². The predicted octanol–water partition coefficient (Wildman–Crippen LogP) is 4.68. The number of fused-ring (bicyclic) bond motifs is 1. The van der Waals surface area contributed by atoms with Gasteiger partial charge in [-0.3, -0.25) is 19.1 Å². The topological polar surface area (TPSA) is 55.2 Å². The SMILES string of the molecule is Cc1cc(C)c2sc(N(Cc3ccccc3)C(=O)Cn3c(C)csc3=O)nc2c1. The van der Waals surface area contributed by atoms with Crippen LogP contribution in [0.5, 0.6) is 0 Å². The van der Waals surface area contributed by atoms with Crippen molar-refractivity contribution in [3.63, 3.8) is 0 Å². The summed E-state index contributed by atoms with van der Waals surface area (Å²) >= 11 is 2.63. The Morgan fingerprint density at radius 2 is 1.90 bits per heavy atom. The molecule has 2 aromatic carbocycles. The molecule has 0 aliphatic rings. The number of carbonyl (C=O) groups excluding carboxylic acids is 1. The second kappa shape index (κ2) is 7.93. The van der Waals surface area contributed by atoms with Crippen LogP contribution in [-0.4, -0.2) is 15.5 Å². The predicted molar refractivity (Wildman–Crippen MR) is 120 cm³/mol. The number of benzene rings is 2. The van der Waals surface area contributed by atoms with Crippen LogP contribution in [0.25, 0.3) is 10.2 Å². The molecule has 7 heteroatoms. The first-order valence-electron chi connectivity index (χ1n) is 9.29. The molecular formula is C22H21N3O2S2. The molecule has 5 nitrogen and oxygen atoms in total. The first kappa shape index (κ1) is 19.5. The summed E-state index contributed by atoms with van der Waals surface area (Å²) in [6.45, 7) is 6.37. The number of hydrogen-bond donors (Lipinski definition) is 0. The summed E-state index contributed by atoms with van der Waals surface area (Å²) in [5.74, 6) is -0.147. The fraction of sp³-hybridized carbons (Fsp3) is 0.227. The zero-order valence-corrected chi connectivity index (χ0v) is 18.1. The Kier molecular flexibility index (Phi) is 5.34. The summed E-state index contributed by atoms with van der Waals surface area (Å²) in [6.07, 6.45) is 0. The van der Waals surface area contributed by atoms with Gasteiger partial charge in [0.05, 0.1) is 16.8 Å². The summed E-state index contributed by atoms with van der Waals surface area (Å²) < 4.78 is 2.61. The van der Waals surface area contributed by atoms with Crippen molar-refractivity contribution in [2.75, 3.05) is 4.90 Å². The minimum atomic E-state index is -0.147. The maximum Gasteiger partial charge on any atom is 0.307 e. The van der Waals surface area contributed by atoms with Crippen LogP contribution in [0.15, 0.2) is 52.6 Å². The quantitative estimate of drug-likeness (QED) is 0.468. The molecule has 2 aromatic heterocycles.